The highest BCUT2D eigenvalue weighted by molar-refractivity contribution is 9.10. The number of benzene rings is 2. The van der Waals surface area contributed by atoms with E-state index in [1.807, 2.05) is 24.3 Å². The summed E-state index contributed by atoms with van der Waals surface area (Å²) in [6, 6.07) is 16.8. The molecule has 0 amide bonds. The minimum Gasteiger partial charge on any atom is -0.497 e. The molecule has 1 saturated carbocycles. The molecule has 1 atom stereocenters. The van der Waals surface area contributed by atoms with E-state index in [1.165, 1.54) is 11.1 Å². The minimum absolute atomic E-state index is 0.0194. The predicted octanol–water partition coefficient (Wildman–Crippen LogP) is 4.55. The number of alkyl halides is 1. The minimum atomic E-state index is 0.0194. The lowest BCUT2D eigenvalue weighted by Crippen LogP contribution is -2.18. The summed E-state index contributed by atoms with van der Waals surface area (Å²) >= 11 is 3.89. The Morgan fingerprint density at radius 3 is 1.38 bits per heavy atom. The van der Waals surface area contributed by atoms with Crippen molar-refractivity contribution in [1.82, 2.24) is 0 Å². The number of ether oxygens (including phenoxy) is 2. The van der Waals surface area contributed by atoms with Crippen LogP contribution in [0.5, 0.6) is 11.5 Å². The Labute approximate surface area is 134 Å². The zero-order chi connectivity index (χ0) is 15.1. The molecule has 3 rings (SSSR count). The van der Waals surface area contributed by atoms with Crippen LogP contribution in [0, 0.1) is 0 Å². The molecule has 0 heterocycles. The third-order valence-corrected chi connectivity index (χ3v) is 5.48. The van der Waals surface area contributed by atoms with Crippen LogP contribution in [0.4, 0.5) is 0 Å². The van der Waals surface area contributed by atoms with Gasteiger partial charge in [0.1, 0.15) is 11.5 Å². The van der Waals surface area contributed by atoms with Crippen LogP contribution >= 0.6 is 15.9 Å². The van der Waals surface area contributed by atoms with E-state index in [2.05, 4.69) is 47.1 Å². The smallest absolute Gasteiger partial charge is 0.118 e. The van der Waals surface area contributed by atoms with Crippen molar-refractivity contribution in [2.24, 2.45) is 0 Å². The van der Waals surface area contributed by atoms with E-state index >= 15 is 0 Å². The Bertz CT molecular complexity index is 582. The van der Waals surface area contributed by atoms with E-state index < -0.39 is 0 Å². The van der Waals surface area contributed by atoms with E-state index in [1.54, 1.807) is 14.2 Å². The second-order valence-corrected chi connectivity index (χ2v) is 7.49. The van der Waals surface area contributed by atoms with Gasteiger partial charge in [-0.15, -0.1) is 0 Å². The Balaban J connectivity index is 2.03. The summed E-state index contributed by atoms with van der Waals surface area (Å²) in [5.41, 5.74) is 2.65. The van der Waals surface area contributed by atoms with Crippen molar-refractivity contribution in [1.29, 1.82) is 0 Å². The Morgan fingerprint density at radius 2 is 1.14 bits per heavy atom. The van der Waals surface area contributed by atoms with Crippen molar-refractivity contribution < 1.29 is 9.47 Å². The topological polar surface area (TPSA) is 18.5 Å². The van der Waals surface area contributed by atoms with Crippen LogP contribution in [0.2, 0.25) is 0 Å². The molecule has 0 radical (unpaired) electrons. The van der Waals surface area contributed by atoms with Crippen LogP contribution in [0.15, 0.2) is 48.5 Å². The first-order valence-electron chi connectivity index (χ1n) is 7.01. The highest BCUT2D eigenvalue weighted by atomic mass is 79.9. The zero-order valence-corrected chi connectivity index (χ0v) is 14.1. The average Bonchev–Trinajstić information content (AvgIpc) is 3.11. The van der Waals surface area contributed by atoms with Gasteiger partial charge in [-0.25, -0.2) is 0 Å². The van der Waals surface area contributed by atoms with Gasteiger partial charge in [-0.05, 0) is 48.7 Å². The van der Waals surface area contributed by atoms with Crippen molar-refractivity contribution >= 4 is 15.9 Å². The molecule has 2 nitrogen and oxygen atoms in total. The summed E-state index contributed by atoms with van der Waals surface area (Å²) in [7, 11) is 3.39. The molecule has 3 heteroatoms. The molecule has 110 valence electrons. The van der Waals surface area contributed by atoms with Crippen LogP contribution in [0.3, 0.4) is 0 Å². The van der Waals surface area contributed by atoms with Crippen LogP contribution < -0.4 is 9.47 Å². The molecule has 0 aliphatic heterocycles. The third-order valence-electron chi connectivity index (χ3n) is 4.53. The van der Waals surface area contributed by atoms with Gasteiger partial charge in [0.25, 0.3) is 0 Å². The maximum atomic E-state index is 5.26. The van der Waals surface area contributed by atoms with Gasteiger partial charge in [-0.3, -0.25) is 0 Å². The van der Waals surface area contributed by atoms with Crippen molar-refractivity contribution in [3.8, 4) is 11.5 Å². The average molecular weight is 347 g/mol. The van der Waals surface area contributed by atoms with E-state index in [4.69, 9.17) is 9.47 Å². The van der Waals surface area contributed by atoms with Gasteiger partial charge in [0.05, 0.1) is 14.2 Å². The fourth-order valence-electron chi connectivity index (χ4n) is 3.18. The normalized spacial score (nSPS) is 22.7. The lowest BCUT2D eigenvalue weighted by molar-refractivity contribution is 0.414. The van der Waals surface area contributed by atoms with Crippen molar-refractivity contribution in [3.05, 3.63) is 59.7 Å². The molecule has 0 bridgehead atoms. The highest BCUT2D eigenvalue weighted by Gasteiger charge is 2.64. The standard InChI is InChI=1S/C18H19BrO2/c1-17(19)12-18(17,13-4-8-15(20-2)9-5-13)14-6-10-16(21-3)11-7-14/h4-11H,12H2,1-3H3. The maximum absolute atomic E-state index is 5.26. The molecule has 0 N–H and O–H groups in total. The van der Waals surface area contributed by atoms with Crippen molar-refractivity contribution in [2.45, 2.75) is 23.1 Å². The van der Waals surface area contributed by atoms with Crippen LogP contribution in [0.1, 0.15) is 24.5 Å². The summed E-state index contributed by atoms with van der Waals surface area (Å²) in [6.07, 6.45) is 1.08. The molecule has 1 aliphatic carbocycles. The summed E-state index contributed by atoms with van der Waals surface area (Å²) in [5, 5.41) is 0. The zero-order valence-electron chi connectivity index (χ0n) is 12.5. The quantitative estimate of drug-likeness (QED) is 0.756. The number of rotatable bonds is 4. The SMILES string of the molecule is COc1ccc(C2(c3ccc(OC)cc3)CC2(C)Br)cc1. The fourth-order valence-corrected chi connectivity index (χ4v) is 4.06. The summed E-state index contributed by atoms with van der Waals surface area (Å²) in [5.74, 6) is 1.78. The second kappa shape index (κ2) is 5.06. The van der Waals surface area contributed by atoms with E-state index in [9.17, 15) is 0 Å². The van der Waals surface area contributed by atoms with Crippen LogP contribution in [0.25, 0.3) is 0 Å². The first-order chi connectivity index (χ1) is 10.0. The van der Waals surface area contributed by atoms with Crippen LogP contribution in [-0.2, 0) is 5.41 Å². The highest BCUT2D eigenvalue weighted by Crippen LogP contribution is 2.66. The fraction of sp³-hybridized carbons (Fsp3) is 0.333. The van der Waals surface area contributed by atoms with Crippen LogP contribution in [-0.4, -0.2) is 18.5 Å². The van der Waals surface area contributed by atoms with Crippen molar-refractivity contribution in [2.75, 3.05) is 14.2 Å². The lowest BCUT2D eigenvalue weighted by atomic mass is 9.86. The third kappa shape index (κ3) is 2.24. The molecule has 1 fully saturated rings. The van der Waals surface area contributed by atoms with Gasteiger partial charge in [-0.2, -0.15) is 0 Å². The van der Waals surface area contributed by atoms with E-state index in [0.29, 0.717) is 0 Å². The number of hydrogen-bond donors (Lipinski definition) is 0. The van der Waals surface area contributed by atoms with E-state index in [-0.39, 0.29) is 9.74 Å². The molecule has 2 aromatic rings. The maximum Gasteiger partial charge on any atom is 0.118 e. The molecule has 1 aliphatic rings. The Morgan fingerprint density at radius 1 is 0.810 bits per heavy atom. The second-order valence-electron chi connectivity index (χ2n) is 5.74. The first kappa shape index (κ1) is 14.5. The first-order valence-corrected chi connectivity index (χ1v) is 7.81. The van der Waals surface area contributed by atoms with E-state index in [0.717, 1.165) is 17.9 Å². The van der Waals surface area contributed by atoms with Gasteiger partial charge in [0, 0.05) is 9.74 Å². The van der Waals surface area contributed by atoms with Gasteiger partial charge in [0.2, 0.25) is 0 Å². The molecule has 0 saturated heterocycles. The molecule has 1 unspecified atom stereocenters. The van der Waals surface area contributed by atoms with Crippen molar-refractivity contribution in [3.63, 3.8) is 0 Å². The van der Waals surface area contributed by atoms with Gasteiger partial charge < -0.3 is 9.47 Å². The molecule has 2 aromatic carbocycles. The molecule has 0 aromatic heterocycles. The lowest BCUT2D eigenvalue weighted by Gasteiger charge is -2.21. The Hall–Kier alpha value is -1.48. The molecular formula is C18H19BrO2. The molecular weight excluding hydrogens is 328 g/mol. The molecule has 21 heavy (non-hydrogen) atoms. The number of halogens is 1. The van der Waals surface area contributed by atoms with Gasteiger partial charge >= 0.3 is 0 Å². The number of methoxy groups -OCH3 is 2. The predicted molar refractivity (Wildman–Crippen MR) is 88.7 cm³/mol. The van der Waals surface area contributed by atoms with Gasteiger partial charge in [-0.1, -0.05) is 40.2 Å². The largest absolute Gasteiger partial charge is 0.497 e. The number of hydrogen-bond acceptors (Lipinski definition) is 2. The summed E-state index contributed by atoms with van der Waals surface area (Å²) in [4.78, 5) is 0. The summed E-state index contributed by atoms with van der Waals surface area (Å²) < 4.78 is 10.6. The molecule has 0 spiro atoms. The monoisotopic (exact) mass is 346 g/mol. The van der Waals surface area contributed by atoms with Gasteiger partial charge in [0.15, 0.2) is 0 Å². The Kier molecular flexibility index (Phi) is 3.48. The summed E-state index contributed by atoms with van der Waals surface area (Å²) in [6.45, 7) is 2.25.